The summed E-state index contributed by atoms with van der Waals surface area (Å²) < 4.78 is 1.56. The lowest BCUT2D eigenvalue weighted by Gasteiger charge is -2.34. The number of carbonyl (C=O) groups excluding carboxylic acids is 2. The Hall–Kier alpha value is -4.07. The van der Waals surface area contributed by atoms with Crippen molar-refractivity contribution in [2.24, 2.45) is 0 Å². The standard InChI is InChI=1S/C27H30N6O2/c1-5-27(3,4)29-26(35)25(20-9-8-16-28-17-20)33(21-14-12-19(2)13-15-21)24(34)18-32-23-11-7-6-10-22(23)30-31-32/h6-17,25H,5,18H2,1-4H3,(H,29,35). The van der Waals surface area contributed by atoms with Crippen LogP contribution in [-0.4, -0.2) is 37.3 Å². The fourth-order valence-electron chi connectivity index (χ4n) is 3.83. The van der Waals surface area contributed by atoms with Crippen molar-refractivity contribution in [2.45, 2.75) is 52.2 Å². The fourth-order valence-corrected chi connectivity index (χ4v) is 3.83. The highest BCUT2D eigenvalue weighted by molar-refractivity contribution is 6.01. The van der Waals surface area contributed by atoms with Crippen LogP contribution in [0.3, 0.4) is 0 Å². The second-order valence-electron chi connectivity index (χ2n) is 9.25. The Morgan fingerprint density at radius 2 is 1.80 bits per heavy atom. The number of pyridine rings is 1. The Morgan fingerprint density at radius 1 is 1.06 bits per heavy atom. The molecule has 1 unspecified atom stereocenters. The number of carbonyl (C=O) groups is 2. The molecule has 2 aromatic heterocycles. The Bertz CT molecular complexity index is 1310. The van der Waals surface area contributed by atoms with Gasteiger partial charge in [-0.2, -0.15) is 0 Å². The minimum absolute atomic E-state index is 0.0738. The summed E-state index contributed by atoms with van der Waals surface area (Å²) in [6, 6.07) is 17.7. The van der Waals surface area contributed by atoms with Gasteiger partial charge in [-0.3, -0.25) is 19.5 Å². The summed E-state index contributed by atoms with van der Waals surface area (Å²) in [4.78, 5) is 33.4. The van der Waals surface area contributed by atoms with Crippen LogP contribution in [0, 0.1) is 6.92 Å². The summed E-state index contributed by atoms with van der Waals surface area (Å²) in [5.74, 6) is -0.565. The van der Waals surface area contributed by atoms with E-state index in [2.05, 4.69) is 20.6 Å². The van der Waals surface area contributed by atoms with Gasteiger partial charge in [0.2, 0.25) is 11.8 Å². The minimum atomic E-state index is -0.917. The molecular formula is C27H30N6O2. The van der Waals surface area contributed by atoms with Crippen LogP contribution in [0.1, 0.15) is 44.4 Å². The molecule has 8 heteroatoms. The Labute approximate surface area is 205 Å². The third kappa shape index (κ3) is 5.37. The topological polar surface area (TPSA) is 93.0 Å². The van der Waals surface area contributed by atoms with Gasteiger partial charge in [-0.15, -0.1) is 5.10 Å². The summed E-state index contributed by atoms with van der Waals surface area (Å²) >= 11 is 0. The van der Waals surface area contributed by atoms with E-state index in [9.17, 15) is 9.59 Å². The maximum Gasteiger partial charge on any atom is 0.249 e. The number of nitrogens with zero attached hydrogens (tertiary/aromatic N) is 5. The quantitative estimate of drug-likeness (QED) is 0.416. The molecule has 1 atom stereocenters. The second-order valence-corrected chi connectivity index (χ2v) is 9.25. The van der Waals surface area contributed by atoms with Gasteiger partial charge in [0.1, 0.15) is 18.1 Å². The first kappa shape index (κ1) is 24.1. The molecule has 0 saturated carbocycles. The molecule has 2 heterocycles. The first-order chi connectivity index (χ1) is 16.8. The van der Waals surface area contributed by atoms with Crippen LogP contribution in [-0.2, 0) is 16.1 Å². The van der Waals surface area contributed by atoms with E-state index in [-0.39, 0.29) is 18.4 Å². The van der Waals surface area contributed by atoms with Crippen LogP contribution in [0.15, 0.2) is 73.1 Å². The number of anilines is 1. The van der Waals surface area contributed by atoms with Crippen LogP contribution in [0.25, 0.3) is 11.0 Å². The lowest BCUT2D eigenvalue weighted by molar-refractivity contribution is -0.128. The van der Waals surface area contributed by atoms with Crippen LogP contribution in [0.4, 0.5) is 5.69 Å². The largest absolute Gasteiger partial charge is 0.349 e. The highest BCUT2D eigenvalue weighted by Crippen LogP contribution is 2.29. The monoisotopic (exact) mass is 470 g/mol. The maximum absolute atomic E-state index is 13.9. The van der Waals surface area contributed by atoms with E-state index in [1.807, 2.05) is 82.3 Å². The van der Waals surface area contributed by atoms with E-state index in [1.54, 1.807) is 23.1 Å². The van der Waals surface area contributed by atoms with E-state index in [4.69, 9.17) is 0 Å². The van der Waals surface area contributed by atoms with Gasteiger partial charge in [0.25, 0.3) is 0 Å². The predicted octanol–water partition coefficient (Wildman–Crippen LogP) is 4.21. The third-order valence-corrected chi connectivity index (χ3v) is 6.14. The smallest absolute Gasteiger partial charge is 0.249 e. The Balaban J connectivity index is 1.79. The van der Waals surface area contributed by atoms with Gasteiger partial charge in [-0.1, -0.05) is 48.0 Å². The molecule has 0 radical (unpaired) electrons. The molecular weight excluding hydrogens is 440 g/mol. The summed E-state index contributed by atoms with van der Waals surface area (Å²) in [5.41, 5.74) is 3.30. The van der Waals surface area contributed by atoms with E-state index >= 15 is 0 Å². The number of amides is 2. The molecule has 2 aromatic carbocycles. The number of nitrogens with one attached hydrogen (secondary N) is 1. The van der Waals surface area contributed by atoms with E-state index in [0.717, 1.165) is 17.5 Å². The van der Waals surface area contributed by atoms with Gasteiger partial charge in [0, 0.05) is 29.2 Å². The van der Waals surface area contributed by atoms with Crippen LogP contribution in [0.2, 0.25) is 0 Å². The molecule has 0 aliphatic heterocycles. The SMILES string of the molecule is CCC(C)(C)NC(=O)C(c1cccnc1)N(C(=O)Cn1nnc2ccccc21)c1ccc(C)cc1. The Morgan fingerprint density at radius 3 is 2.49 bits per heavy atom. The van der Waals surface area contributed by atoms with E-state index < -0.39 is 11.6 Å². The summed E-state index contributed by atoms with van der Waals surface area (Å²) in [7, 11) is 0. The zero-order valence-electron chi connectivity index (χ0n) is 20.5. The van der Waals surface area contributed by atoms with Crippen molar-refractivity contribution in [1.82, 2.24) is 25.3 Å². The molecule has 35 heavy (non-hydrogen) atoms. The minimum Gasteiger partial charge on any atom is -0.349 e. The molecule has 0 saturated heterocycles. The normalized spacial score (nSPS) is 12.3. The van der Waals surface area contributed by atoms with Gasteiger partial charge in [0.15, 0.2) is 0 Å². The number of hydrogen-bond donors (Lipinski definition) is 1. The molecule has 0 bridgehead atoms. The average Bonchev–Trinajstić information content (AvgIpc) is 3.26. The van der Waals surface area contributed by atoms with E-state index in [0.29, 0.717) is 16.8 Å². The molecule has 180 valence electrons. The van der Waals surface area contributed by atoms with Gasteiger partial charge < -0.3 is 5.32 Å². The third-order valence-electron chi connectivity index (χ3n) is 6.14. The highest BCUT2D eigenvalue weighted by Gasteiger charge is 2.35. The van der Waals surface area contributed by atoms with Crippen LogP contribution < -0.4 is 10.2 Å². The predicted molar refractivity (Wildman–Crippen MR) is 136 cm³/mol. The van der Waals surface area contributed by atoms with Crippen LogP contribution in [0.5, 0.6) is 0 Å². The summed E-state index contributed by atoms with van der Waals surface area (Å²) in [6.07, 6.45) is 4.01. The van der Waals surface area contributed by atoms with Crippen LogP contribution >= 0.6 is 0 Å². The second kappa shape index (κ2) is 10.0. The molecule has 2 amide bonds. The number of rotatable bonds is 8. The average molecular weight is 471 g/mol. The number of hydrogen-bond acceptors (Lipinski definition) is 5. The lowest BCUT2D eigenvalue weighted by atomic mass is 9.99. The zero-order chi connectivity index (χ0) is 25.0. The summed E-state index contributed by atoms with van der Waals surface area (Å²) in [6.45, 7) is 7.84. The zero-order valence-corrected chi connectivity index (χ0v) is 20.5. The molecule has 0 fully saturated rings. The van der Waals surface area contributed by atoms with Crippen molar-refractivity contribution in [3.8, 4) is 0 Å². The van der Waals surface area contributed by atoms with Crippen molar-refractivity contribution in [3.05, 3.63) is 84.2 Å². The van der Waals surface area contributed by atoms with Crippen molar-refractivity contribution in [2.75, 3.05) is 4.90 Å². The van der Waals surface area contributed by atoms with Crippen molar-refractivity contribution in [3.63, 3.8) is 0 Å². The summed E-state index contributed by atoms with van der Waals surface area (Å²) in [5, 5.41) is 11.5. The number of para-hydroxylation sites is 1. The molecule has 8 nitrogen and oxygen atoms in total. The highest BCUT2D eigenvalue weighted by atomic mass is 16.2. The molecule has 4 aromatic rings. The number of benzene rings is 2. The Kier molecular flexibility index (Phi) is 6.91. The lowest BCUT2D eigenvalue weighted by Crippen LogP contribution is -2.51. The van der Waals surface area contributed by atoms with Gasteiger partial charge in [-0.25, -0.2) is 4.68 Å². The van der Waals surface area contributed by atoms with Gasteiger partial charge in [-0.05, 0) is 57.5 Å². The first-order valence-electron chi connectivity index (χ1n) is 11.7. The molecule has 0 spiro atoms. The van der Waals surface area contributed by atoms with E-state index in [1.165, 1.54) is 4.90 Å². The number of fused-ring (bicyclic) bond motifs is 1. The number of aryl methyl sites for hydroxylation is 1. The first-order valence-corrected chi connectivity index (χ1v) is 11.7. The van der Waals surface area contributed by atoms with Crippen molar-refractivity contribution in [1.29, 1.82) is 0 Å². The molecule has 0 aliphatic rings. The van der Waals surface area contributed by atoms with Gasteiger partial charge in [0.05, 0.1) is 5.52 Å². The maximum atomic E-state index is 13.9. The van der Waals surface area contributed by atoms with Crippen molar-refractivity contribution < 1.29 is 9.59 Å². The van der Waals surface area contributed by atoms with Crippen molar-refractivity contribution >= 4 is 28.5 Å². The fraction of sp³-hybridized carbons (Fsp3) is 0.296. The molecule has 0 aliphatic carbocycles. The van der Waals surface area contributed by atoms with Gasteiger partial charge >= 0.3 is 0 Å². The molecule has 4 rings (SSSR count). The number of aromatic nitrogens is 4. The molecule has 1 N–H and O–H groups in total.